The summed E-state index contributed by atoms with van der Waals surface area (Å²) >= 11 is 0. The summed E-state index contributed by atoms with van der Waals surface area (Å²) in [5.74, 6) is 1.16. The number of hydrogen-bond donors (Lipinski definition) is 1. The third kappa shape index (κ3) is 6.09. The molecule has 0 bridgehead atoms. The summed E-state index contributed by atoms with van der Waals surface area (Å²) in [5.41, 5.74) is 6.82. The highest BCUT2D eigenvalue weighted by Gasteiger charge is 2.18. The molecule has 0 aliphatic heterocycles. The first-order valence-corrected chi connectivity index (χ1v) is 9.78. The molecule has 2 aromatic carbocycles. The van der Waals surface area contributed by atoms with Crippen molar-refractivity contribution in [2.75, 3.05) is 25.6 Å². The molecule has 0 heterocycles. The van der Waals surface area contributed by atoms with Gasteiger partial charge in [0.1, 0.15) is 23.1 Å². The van der Waals surface area contributed by atoms with Crippen molar-refractivity contribution in [1.82, 2.24) is 0 Å². The summed E-state index contributed by atoms with van der Waals surface area (Å²) < 4.78 is 43.4. The highest BCUT2D eigenvalue weighted by molar-refractivity contribution is 5.56. The molecule has 0 amide bonds. The van der Waals surface area contributed by atoms with Crippen molar-refractivity contribution in [1.29, 1.82) is 0 Å². The lowest BCUT2D eigenvalue weighted by Crippen LogP contribution is -2.19. The quantitative estimate of drug-likeness (QED) is 0.428. The molecule has 0 saturated heterocycles. The second-order valence-electron chi connectivity index (χ2n) is 7.15. The maximum Gasteiger partial charge on any atom is 0.142 e. The van der Waals surface area contributed by atoms with Gasteiger partial charge in [0.2, 0.25) is 0 Å². The summed E-state index contributed by atoms with van der Waals surface area (Å²) in [6.07, 6.45) is 5.31. The standard InChI is InChI=1S/C22H27F2NO3/c23-18-6-8-20(24)17(12-18)15-26-10-1-2-11-27-22-9-7-19(13-21(22)25)28-14-16-4-3-5-16/h6-9,12-13,16H,1-5,10-11,14-15,25H2. The van der Waals surface area contributed by atoms with E-state index in [4.69, 9.17) is 19.9 Å². The van der Waals surface area contributed by atoms with Crippen LogP contribution in [0.25, 0.3) is 0 Å². The normalized spacial score (nSPS) is 13.9. The summed E-state index contributed by atoms with van der Waals surface area (Å²) in [5, 5.41) is 0. The average Bonchev–Trinajstić information content (AvgIpc) is 2.64. The zero-order chi connectivity index (χ0) is 19.8. The number of nitrogens with two attached hydrogens (primary N) is 1. The lowest BCUT2D eigenvalue weighted by atomic mass is 9.86. The number of halogens is 2. The van der Waals surface area contributed by atoms with Crippen LogP contribution in [0.15, 0.2) is 36.4 Å². The highest BCUT2D eigenvalue weighted by Crippen LogP contribution is 2.30. The largest absolute Gasteiger partial charge is 0.493 e. The maximum atomic E-state index is 13.5. The second kappa shape index (κ2) is 10.3. The lowest BCUT2D eigenvalue weighted by molar-refractivity contribution is 0.111. The fourth-order valence-electron chi connectivity index (χ4n) is 2.95. The SMILES string of the molecule is Nc1cc(OCC2CCC2)ccc1OCCCCOCc1cc(F)ccc1F. The molecule has 2 N–H and O–H groups in total. The van der Waals surface area contributed by atoms with Gasteiger partial charge in [-0.25, -0.2) is 8.78 Å². The van der Waals surface area contributed by atoms with Gasteiger partial charge in [-0.3, -0.25) is 0 Å². The number of anilines is 1. The topological polar surface area (TPSA) is 53.7 Å². The molecule has 0 radical (unpaired) electrons. The first kappa shape index (κ1) is 20.4. The van der Waals surface area contributed by atoms with E-state index in [-0.39, 0.29) is 12.2 Å². The van der Waals surface area contributed by atoms with Gasteiger partial charge in [0, 0.05) is 18.2 Å². The number of nitrogen functional groups attached to an aromatic ring is 1. The molecule has 0 aromatic heterocycles. The minimum atomic E-state index is -0.467. The molecule has 1 fully saturated rings. The number of rotatable bonds is 11. The van der Waals surface area contributed by atoms with Crippen molar-refractivity contribution in [3.63, 3.8) is 0 Å². The number of hydrogen-bond acceptors (Lipinski definition) is 4. The van der Waals surface area contributed by atoms with Crippen LogP contribution in [-0.2, 0) is 11.3 Å². The molecule has 1 aliphatic carbocycles. The van der Waals surface area contributed by atoms with E-state index >= 15 is 0 Å². The minimum absolute atomic E-state index is 0.0553. The minimum Gasteiger partial charge on any atom is -0.493 e. The predicted octanol–water partition coefficient (Wildman–Crippen LogP) is 5.10. The monoisotopic (exact) mass is 391 g/mol. The lowest BCUT2D eigenvalue weighted by Gasteiger charge is -2.25. The predicted molar refractivity (Wildman–Crippen MR) is 104 cm³/mol. The maximum absolute atomic E-state index is 13.5. The second-order valence-corrected chi connectivity index (χ2v) is 7.15. The number of ether oxygens (including phenoxy) is 3. The van der Waals surface area contributed by atoms with Crippen LogP contribution in [0.2, 0.25) is 0 Å². The van der Waals surface area contributed by atoms with E-state index in [1.807, 2.05) is 12.1 Å². The third-order valence-corrected chi connectivity index (χ3v) is 4.90. The van der Waals surface area contributed by atoms with Crippen molar-refractivity contribution in [3.8, 4) is 11.5 Å². The number of benzene rings is 2. The smallest absolute Gasteiger partial charge is 0.142 e. The van der Waals surface area contributed by atoms with E-state index in [1.54, 1.807) is 6.07 Å². The van der Waals surface area contributed by atoms with Gasteiger partial charge in [-0.2, -0.15) is 0 Å². The van der Waals surface area contributed by atoms with Gasteiger partial charge < -0.3 is 19.9 Å². The Morgan fingerprint density at radius 3 is 2.54 bits per heavy atom. The summed E-state index contributed by atoms with van der Waals surface area (Å²) in [6.45, 7) is 1.76. The van der Waals surface area contributed by atoms with E-state index in [1.165, 1.54) is 19.3 Å². The average molecular weight is 391 g/mol. The van der Waals surface area contributed by atoms with Crippen molar-refractivity contribution >= 4 is 5.69 Å². The Kier molecular flexibility index (Phi) is 7.48. The van der Waals surface area contributed by atoms with Crippen molar-refractivity contribution < 1.29 is 23.0 Å². The Morgan fingerprint density at radius 2 is 1.79 bits per heavy atom. The Hall–Kier alpha value is -2.34. The molecule has 1 saturated carbocycles. The van der Waals surface area contributed by atoms with Gasteiger partial charge in [0.15, 0.2) is 0 Å². The molecule has 4 nitrogen and oxygen atoms in total. The van der Waals surface area contributed by atoms with Crippen LogP contribution in [0.1, 0.15) is 37.7 Å². The van der Waals surface area contributed by atoms with Crippen LogP contribution in [0, 0.1) is 17.6 Å². The zero-order valence-corrected chi connectivity index (χ0v) is 16.0. The fourth-order valence-corrected chi connectivity index (χ4v) is 2.95. The van der Waals surface area contributed by atoms with Gasteiger partial charge in [-0.15, -0.1) is 0 Å². The van der Waals surface area contributed by atoms with Gasteiger partial charge in [0.05, 0.1) is 25.5 Å². The van der Waals surface area contributed by atoms with E-state index in [0.717, 1.165) is 43.4 Å². The van der Waals surface area contributed by atoms with Crippen LogP contribution >= 0.6 is 0 Å². The molecule has 28 heavy (non-hydrogen) atoms. The van der Waals surface area contributed by atoms with Crippen molar-refractivity contribution in [2.24, 2.45) is 5.92 Å². The van der Waals surface area contributed by atoms with E-state index in [9.17, 15) is 8.78 Å². The van der Waals surface area contributed by atoms with E-state index in [0.29, 0.717) is 30.6 Å². The summed E-state index contributed by atoms with van der Waals surface area (Å²) in [6, 6.07) is 8.85. The Labute approximate surface area is 164 Å². The summed E-state index contributed by atoms with van der Waals surface area (Å²) in [7, 11) is 0. The molecule has 152 valence electrons. The van der Waals surface area contributed by atoms with Crippen LogP contribution in [0.5, 0.6) is 11.5 Å². The summed E-state index contributed by atoms with van der Waals surface area (Å²) in [4.78, 5) is 0. The van der Waals surface area contributed by atoms with E-state index < -0.39 is 11.6 Å². The molecule has 3 rings (SSSR count). The fraction of sp³-hybridized carbons (Fsp3) is 0.455. The van der Waals surface area contributed by atoms with Gasteiger partial charge >= 0.3 is 0 Å². The van der Waals surface area contributed by atoms with Crippen molar-refractivity contribution in [2.45, 2.75) is 38.7 Å². The molecule has 2 aromatic rings. The molecular weight excluding hydrogens is 364 g/mol. The van der Waals surface area contributed by atoms with Crippen molar-refractivity contribution in [3.05, 3.63) is 53.6 Å². The Morgan fingerprint density at radius 1 is 0.964 bits per heavy atom. The van der Waals surface area contributed by atoms with Gasteiger partial charge in [0.25, 0.3) is 0 Å². The van der Waals surface area contributed by atoms with Gasteiger partial charge in [-0.1, -0.05) is 6.42 Å². The van der Waals surface area contributed by atoms with Crippen LogP contribution in [-0.4, -0.2) is 19.8 Å². The highest BCUT2D eigenvalue weighted by atomic mass is 19.1. The van der Waals surface area contributed by atoms with Gasteiger partial charge in [-0.05, 0) is 61.9 Å². The number of unbranched alkanes of at least 4 members (excludes halogenated alkanes) is 1. The Bertz CT molecular complexity index is 765. The Balaban J connectivity index is 1.29. The molecule has 0 spiro atoms. The van der Waals surface area contributed by atoms with Crippen LogP contribution < -0.4 is 15.2 Å². The van der Waals surface area contributed by atoms with Crippen LogP contribution in [0.4, 0.5) is 14.5 Å². The first-order chi connectivity index (χ1) is 13.6. The zero-order valence-electron chi connectivity index (χ0n) is 16.0. The molecule has 0 unspecified atom stereocenters. The molecule has 6 heteroatoms. The van der Waals surface area contributed by atoms with Crippen LogP contribution in [0.3, 0.4) is 0 Å². The molecular formula is C22H27F2NO3. The first-order valence-electron chi connectivity index (χ1n) is 9.78. The molecule has 0 atom stereocenters. The van der Waals surface area contributed by atoms with E-state index in [2.05, 4.69) is 0 Å². The third-order valence-electron chi connectivity index (χ3n) is 4.90. The molecule has 1 aliphatic rings.